The molecule has 6 nitrogen and oxygen atoms in total. The predicted molar refractivity (Wildman–Crippen MR) is 84.1 cm³/mol. The lowest BCUT2D eigenvalue weighted by Gasteiger charge is -2.15. The summed E-state index contributed by atoms with van der Waals surface area (Å²) < 4.78 is 10.8. The molecule has 0 fully saturated rings. The van der Waals surface area contributed by atoms with E-state index < -0.39 is 5.76 Å². The van der Waals surface area contributed by atoms with Gasteiger partial charge in [0.2, 0.25) is 5.89 Å². The Morgan fingerprint density at radius 3 is 2.73 bits per heavy atom. The molecular weight excluding hydrogens is 282 g/mol. The van der Waals surface area contributed by atoms with Crippen molar-refractivity contribution in [1.29, 1.82) is 0 Å². The minimum absolute atomic E-state index is 0.0693. The van der Waals surface area contributed by atoms with Crippen LogP contribution in [0.2, 0.25) is 0 Å². The zero-order valence-corrected chi connectivity index (χ0v) is 13.1. The van der Waals surface area contributed by atoms with Crippen LogP contribution in [0.25, 0.3) is 11.1 Å². The van der Waals surface area contributed by atoms with Crippen LogP contribution in [-0.4, -0.2) is 9.97 Å². The summed E-state index contributed by atoms with van der Waals surface area (Å²) in [5, 5.41) is 3.30. The van der Waals surface area contributed by atoms with Gasteiger partial charge in [0.25, 0.3) is 0 Å². The van der Waals surface area contributed by atoms with E-state index in [4.69, 9.17) is 8.83 Å². The normalized spacial score (nSPS) is 13.5. The highest BCUT2D eigenvalue weighted by atomic mass is 16.4. The van der Waals surface area contributed by atoms with E-state index in [2.05, 4.69) is 36.1 Å². The number of nitrogens with one attached hydrogen (secondary N) is 2. The molecule has 0 aliphatic heterocycles. The summed E-state index contributed by atoms with van der Waals surface area (Å²) in [6, 6.07) is 5.33. The largest absolute Gasteiger partial charge is 0.443 e. The molecule has 2 heterocycles. The highest BCUT2D eigenvalue weighted by Crippen LogP contribution is 2.27. The van der Waals surface area contributed by atoms with Gasteiger partial charge in [0.15, 0.2) is 5.58 Å². The maximum atomic E-state index is 11.2. The molecular formula is C16H19N3O3. The van der Waals surface area contributed by atoms with Crippen LogP contribution in [0.1, 0.15) is 45.4 Å². The van der Waals surface area contributed by atoms with Crippen LogP contribution < -0.4 is 11.1 Å². The molecule has 0 unspecified atom stereocenters. The monoisotopic (exact) mass is 301 g/mol. The van der Waals surface area contributed by atoms with Crippen molar-refractivity contribution in [3.8, 4) is 0 Å². The number of hydrogen-bond donors (Lipinski definition) is 2. The highest BCUT2D eigenvalue weighted by molar-refractivity contribution is 5.76. The molecule has 116 valence electrons. The summed E-state index contributed by atoms with van der Waals surface area (Å²) in [7, 11) is 0. The smallest absolute Gasteiger partial charge is 0.417 e. The second kappa shape index (κ2) is 5.05. The standard InChI is InChI=1S/C16H19N3O3/c1-9(14-17-8-13(22-14)16(2,3)4)18-10-5-6-12-11(7-10)19-15(20)21-12/h5-9,18H,1-4H3,(H,19,20)/t9-/m0/s1. The third kappa shape index (κ3) is 2.77. The van der Waals surface area contributed by atoms with Crippen LogP contribution in [0.3, 0.4) is 0 Å². The van der Waals surface area contributed by atoms with Crippen LogP contribution in [0.4, 0.5) is 5.69 Å². The molecule has 0 aliphatic carbocycles. The molecule has 0 saturated heterocycles. The number of aromatic amines is 1. The molecule has 0 saturated carbocycles. The van der Waals surface area contributed by atoms with Gasteiger partial charge < -0.3 is 14.2 Å². The molecule has 0 amide bonds. The average Bonchev–Trinajstić information content (AvgIpc) is 3.02. The van der Waals surface area contributed by atoms with Gasteiger partial charge in [-0.1, -0.05) is 20.8 Å². The number of nitrogens with zero attached hydrogens (tertiary/aromatic N) is 1. The van der Waals surface area contributed by atoms with E-state index in [1.54, 1.807) is 12.3 Å². The molecule has 1 atom stereocenters. The molecule has 22 heavy (non-hydrogen) atoms. The summed E-state index contributed by atoms with van der Waals surface area (Å²) in [5.74, 6) is 1.03. The van der Waals surface area contributed by atoms with Gasteiger partial charge in [-0.2, -0.15) is 0 Å². The first-order chi connectivity index (χ1) is 10.3. The first kappa shape index (κ1) is 14.4. The molecule has 0 aliphatic rings. The molecule has 2 aromatic heterocycles. The van der Waals surface area contributed by atoms with Gasteiger partial charge >= 0.3 is 5.76 Å². The van der Waals surface area contributed by atoms with Gasteiger partial charge in [0.1, 0.15) is 11.8 Å². The van der Waals surface area contributed by atoms with Crippen LogP contribution in [0, 0.1) is 0 Å². The summed E-state index contributed by atoms with van der Waals surface area (Å²) in [6.45, 7) is 8.22. The van der Waals surface area contributed by atoms with Crippen molar-refractivity contribution in [2.75, 3.05) is 5.32 Å². The highest BCUT2D eigenvalue weighted by Gasteiger charge is 2.21. The van der Waals surface area contributed by atoms with Crippen LogP contribution in [0.5, 0.6) is 0 Å². The number of H-pyrrole nitrogens is 1. The summed E-state index contributed by atoms with van der Waals surface area (Å²) in [6.07, 6.45) is 1.77. The molecule has 0 bridgehead atoms. The molecule has 3 aromatic rings. The van der Waals surface area contributed by atoms with E-state index in [0.29, 0.717) is 17.0 Å². The predicted octanol–water partition coefficient (Wildman–Crippen LogP) is 3.58. The second-order valence-corrected chi connectivity index (χ2v) is 6.40. The van der Waals surface area contributed by atoms with Crippen molar-refractivity contribution in [2.24, 2.45) is 0 Å². The fourth-order valence-corrected chi connectivity index (χ4v) is 2.19. The van der Waals surface area contributed by atoms with Crippen molar-refractivity contribution >= 4 is 16.8 Å². The van der Waals surface area contributed by atoms with E-state index >= 15 is 0 Å². The summed E-state index contributed by atoms with van der Waals surface area (Å²) >= 11 is 0. The number of anilines is 1. The number of fused-ring (bicyclic) bond motifs is 1. The Bertz CT molecular complexity index is 851. The minimum Gasteiger partial charge on any atom is -0.443 e. The lowest BCUT2D eigenvalue weighted by atomic mass is 9.94. The van der Waals surface area contributed by atoms with E-state index in [0.717, 1.165) is 11.4 Å². The van der Waals surface area contributed by atoms with Crippen molar-refractivity contribution in [3.05, 3.63) is 46.6 Å². The number of rotatable bonds is 3. The van der Waals surface area contributed by atoms with Crippen molar-refractivity contribution < 1.29 is 8.83 Å². The fourth-order valence-electron chi connectivity index (χ4n) is 2.19. The van der Waals surface area contributed by atoms with Gasteiger partial charge in [-0.3, -0.25) is 4.98 Å². The lowest BCUT2D eigenvalue weighted by Crippen LogP contribution is -2.10. The van der Waals surface area contributed by atoms with Gasteiger partial charge in [0.05, 0.1) is 11.7 Å². The van der Waals surface area contributed by atoms with Gasteiger partial charge in [-0.25, -0.2) is 9.78 Å². The van der Waals surface area contributed by atoms with E-state index in [-0.39, 0.29) is 11.5 Å². The summed E-state index contributed by atoms with van der Waals surface area (Å²) in [5.41, 5.74) is 1.98. The zero-order chi connectivity index (χ0) is 15.9. The van der Waals surface area contributed by atoms with Crippen LogP contribution >= 0.6 is 0 Å². The Morgan fingerprint density at radius 2 is 2.05 bits per heavy atom. The third-order valence-electron chi connectivity index (χ3n) is 3.44. The second-order valence-electron chi connectivity index (χ2n) is 6.40. The van der Waals surface area contributed by atoms with Crippen LogP contribution in [0.15, 0.2) is 38.0 Å². The maximum Gasteiger partial charge on any atom is 0.417 e. The Labute approximate surface area is 127 Å². The Hall–Kier alpha value is -2.50. The molecule has 3 rings (SSSR count). The Morgan fingerprint density at radius 1 is 1.27 bits per heavy atom. The Kier molecular flexibility index (Phi) is 3.31. The molecule has 2 N–H and O–H groups in total. The van der Waals surface area contributed by atoms with Gasteiger partial charge in [0, 0.05) is 11.1 Å². The maximum absolute atomic E-state index is 11.2. The number of aromatic nitrogens is 2. The van der Waals surface area contributed by atoms with E-state index in [9.17, 15) is 4.79 Å². The molecule has 6 heteroatoms. The minimum atomic E-state index is -0.456. The first-order valence-corrected chi connectivity index (χ1v) is 7.18. The van der Waals surface area contributed by atoms with Crippen molar-refractivity contribution in [1.82, 2.24) is 9.97 Å². The fraction of sp³-hybridized carbons (Fsp3) is 0.375. The van der Waals surface area contributed by atoms with Crippen LogP contribution in [-0.2, 0) is 5.41 Å². The molecule has 1 aromatic carbocycles. The van der Waals surface area contributed by atoms with Crippen molar-refractivity contribution in [3.63, 3.8) is 0 Å². The van der Waals surface area contributed by atoms with E-state index in [1.807, 2.05) is 19.1 Å². The number of oxazole rings is 2. The average molecular weight is 301 g/mol. The molecule has 0 radical (unpaired) electrons. The van der Waals surface area contributed by atoms with Gasteiger partial charge in [-0.15, -0.1) is 0 Å². The first-order valence-electron chi connectivity index (χ1n) is 7.18. The molecule has 0 spiro atoms. The SMILES string of the molecule is C[C@H](Nc1ccc2oc(=O)[nH]c2c1)c1ncc(C(C)(C)C)o1. The van der Waals surface area contributed by atoms with Gasteiger partial charge in [-0.05, 0) is 25.1 Å². The number of benzene rings is 1. The quantitative estimate of drug-likeness (QED) is 0.772. The third-order valence-corrected chi connectivity index (χ3v) is 3.44. The lowest BCUT2D eigenvalue weighted by molar-refractivity contribution is 0.374. The Balaban J connectivity index is 1.81. The van der Waals surface area contributed by atoms with Crippen molar-refractivity contribution in [2.45, 2.75) is 39.2 Å². The van der Waals surface area contributed by atoms with E-state index in [1.165, 1.54) is 0 Å². The topological polar surface area (TPSA) is 84.1 Å². The number of hydrogen-bond acceptors (Lipinski definition) is 5. The zero-order valence-electron chi connectivity index (χ0n) is 13.1. The summed E-state index contributed by atoms with van der Waals surface area (Å²) in [4.78, 5) is 18.1.